The molecule has 2 N–H and O–H groups in total. The number of amides is 1. The SMILES string of the molecule is CCOC(=O)N[C@](NCC1CCCCC1)(C(=O)OCC)C(F)(F)F. The van der Waals surface area contributed by atoms with Crippen LogP contribution in [-0.2, 0) is 14.3 Å². The number of esters is 1. The molecule has 0 heterocycles. The summed E-state index contributed by atoms with van der Waals surface area (Å²) in [4.78, 5) is 23.6. The molecule has 0 unspecified atom stereocenters. The number of rotatable bonds is 7. The molecule has 0 radical (unpaired) electrons. The summed E-state index contributed by atoms with van der Waals surface area (Å²) in [6.45, 7) is 2.43. The molecule has 1 amide bonds. The summed E-state index contributed by atoms with van der Waals surface area (Å²) >= 11 is 0. The van der Waals surface area contributed by atoms with Crippen LogP contribution in [0.3, 0.4) is 0 Å². The third kappa shape index (κ3) is 5.25. The van der Waals surface area contributed by atoms with Crippen molar-refractivity contribution in [1.82, 2.24) is 10.6 Å². The Balaban J connectivity index is 2.99. The topological polar surface area (TPSA) is 76.7 Å². The smallest absolute Gasteiger partial charge is 0.436 e. The molecule has 1 aliphatic rings. The molecule has 0 bridgehead atoms. The van der Waals surface area contributed by atoms with Gasteiger partial charge in [-0.15, -0.1) is 0 Å². The lowest BCUT2D eigenvalue weighted by molar-refractivity contribution is -0.219. The first-order valence-corrected chi connectivity index (χ1v) is 8.20. The van der Waals surface area contributed by atoms with E-state index >= 15 is 0 Å². The summed E-state index contributed by atoms with van der Waals surface area (Å²) in [7, 11) is 0. The number of alkyl carbamates (subject to hydrolysis) is 1. The highest BCUT2D eigenvalue weighted by Crippen LogP contribution is 2.31. The predicted octanol–water partition coefficient (Wildman–Crippen LogP) is 2.72. The molecule has 9 heteroatoms. The highest BCUT2D eigenvalue weighted by Gasteiger charge is 2.63. The zero-order valence-corrected chi connectivity index (χ0v) is 14.0. The minimum Gasteiger partial charge on any atom is -0.463 e. The molecule has 1 fully saturated rings. The van der Waals surface area contributed by atoms with E-state index in [0.717, 1.165) is 32.1 Å². The number of hydrogen-bond acceptors (Lipinski definition) is 5. The second-order valence-electron chi connectivity index (χ2n) is 5.70. The Morgan fingerprint density at radius 1 is 1.04 bits per heavy atom. The highest BCUT2D eigenvalue weighted by atomic mass is 19.4. The van der Waals surface area contributed by atoms with Gasteiger partial charge in [0, 0.05) is 6.54 Å². The van der Waals surface area contributed by atoms with Gasteiger partial charge in [0.2, 0.25) is 0 Å². The van der Waals surface area contributed by atoms with Crippen LogP contribution >= 0.6 is 0 Å². The Labute approximate surface area is 139 Å². The lowest BCUT2D eigenvalue weighted by atomic mass is 9.89. The van der Waals surface area contributed by atoms with Crippen LogP contribution in [0.15, 0.2) is 0 Å². The zero-order valence-electron chi connectivity index (χ0n) is 14.0. The van der Waals surface area contributed by atoms with Gasteiger partial charge in [-0.25, -0.2) is 9.59 Å². The molecule has 0 spiro atoms. The van der Waals surface area contributed by atoms with Gasteiger partial charge < -0.3 is 9.47 Å². The van der Waals surface area contributed by atoms with E-state index in [0.29, 0.717) is 0 Å². The Hall–Kier alpha value is -1.51. The normalized spacial score (nSPS) is 18.5. The Morgan fingerprint density at radius 3 is 2.12 bits per heavy atom. The van der Waals surface area contributed by atoms with Crippen LogP contribution in [0.5, 0.6) is 0 Å². The van der Waals surface area contributed by atoms with Crippen molar-refractivity contribution in [2.45, 2.75) is 57.8 Å². The fraction of sp³-hybridized carbons (Fsp3) is 0.867. The van der Waals surface area contributed by atoms with Gasteiger partial charge >= 0.3 is 18.2 Å². The Kier molecular flexibility index (Phi) is 7.78. The number of hydrogen-bond donors (Lipinski definition) is 2. The molecule has 6 nitrogen and oxygen atoms in total. The monoisotopic (exact) mass is 354 g/mol. The largest absolute Gasteiger partial charge is 0.463 e. The summed E-state index contributed by atoms with van der Waals surface area (Å²) in [6, 6.07) is 0. The maximum absolute atomic E-state index is 13.7. The van der Waals surface area contributed by atoms with E-state index < -0.39 is 23.9 Å². The first-order valence-electron chi connectivity index (χ1n) is 8.20. The van der Waals surface area contributed by atoms with E-state index in [9.17, 15) is 22.8 Å². The molecule has 1 atom stereocenters. The van der Waals surface area contributed by atoms with Gasteiger partial charge in [0.05, 0.1) is 13.2 Å². The Morgan fingerprint density at radius 2 is 1.62 bits per heavy atom. The number of carbonyl (C=O) groups excluding carboxylic acids is 2. The van der Waals surface area contributed by atoms with Crippen LogP contribution < -0.4 is 10.6 Å². The van der Waals surface area contributed by atoms with Crippen LogP contribution in [0.2, 0.25) is 0 Å². The fourth-order valence-corrected chi connectivity index (χ4v) is 2.70. The van der Waals surface area contributed by atoms with Gasteiger partial charge in [-0.2, -0.15) is 13.2 Å². The standard InChI is InChI=1S/C15H25F3N2O4/c1-3-23-12(21)14(15(16,17)18,20-13(22)24-4-2)19-10-11-8-6-5-7-9-11/h11,19H,3-10H2,1-2H3,(H,20,22)/t14-/m1/s1. The first kappa shape index (κ1) is 20.5. The van der Waals surface area contributed by atoms with Crippen molar-refractivity contribution in [2.24, 2.45) is 5.92 Å². The summed E-state index contributed by atoms with van der Waals surface area (Å²) in [6.07, 6.45) is -1.92. The zero-order chi connectivity index (χ0) is 18.2. The summed E-state index contributed by atoms with van der Waals surface area (Å²) in [5.41, 5.74) is -3.31. The number of nitrogens with one attached hydrogen (secondary N) is 2. The minimum absolute atomic E-state index is 0.0129. The molecular weight excluding hydrogens is 329 g/mol. The van der Waals surface area contributed by atoms with Crippen LogP contribution in [0, 0.1) is 5.92 Å². The average Bonchev–Trinajstić information content (AvgIpc) is 2.51. The number of carbonyl (C=O) groups is 2. The van der Waals surface area contributed by atoms with Crippen molar-refractivity contribution < 1.29 is 32.2 Å². The summed E-state index contributed by atoms with van der Waals surface area (Å²) < 4.78 is 50.1. The van der Waals surface area contributed by atoms with Crippen molar-refractivity contribution in [2.75, 3.05) is 19.8 Å². The molecule has 1 rings (SSSR count). The van der Waals surface area contributed by atoms with E-state index in [2.05, 4.69) is 14.8 Å². The van der Waals surface area contributed by atoms with Crippen molar-refractivity contribution in [3.8, 4) is 0 Å². The molecule has 0 aromatic rings. The molecule has 0 aliphatic heterocycles. The summed E-state index contributed by atoms with van der Waals surface area (Å²) in [5.74, 6) is -1.58. The third-order valence-corrected chi connectivity index (χ3v) is 3.95. The van der Waals surface area contributed by atoms with Crippen LogP contribution in [0.1, 0.15) is 46.0 Å². The predicted molar refractivity (Wildman–Crippen MR) is 80.2 cm³/mol. The maximum atomic E-state index is 13.7. The minimum atomic E-state index is -5.08. The average molecular weight is 354 g/mol. The lowest BCUT2D eigenvalue weighted by Gasteiger charge is -2.36. The number of halogens is 3. The highest BCUT2D eigenvalue weighted by molar-refractivity contribution is 5.86. The van der Waals surface area contributed by atoms with Crippen molar-refractivity contribution in [3.63, 3.8) is 0 Å². The van der Waals surface area contributed by atoms with E-state index in [4.69, 9.17) is 0 Å². The summed E-state index contributed by atoms with van der Waals surface area (Å²) in [5, 5.41) is 3.83. The van der Waals surface area contributed by atoms with Crippen molar-refractivity contribution in [1.29, 1.82) is 0 Å². The molecule has 0 saturated heterocycles. The Bertz CT molecular complexity index is 425. The second-order valence-corrected chi connectivity index (χ2v) is 5.70. The number of alkyl halides is 3. The van der Waals surface area contributed by atoms with Gasteiger partial charge in [0.1, 0.15) is 0 Å². The van der Waals surface area contributed by atoms with E-state index in [1.54, 1.807) is 5.32 Å². The van der Waals surface area contributed by atoms with Gasteiger partial charge in [-0.1, -0.05) is 19.3 Å². The molecule has 24 heavy (non-hydrogen) atoms. The molecule has 140 valence electrons. The van der Waals surface area contributed by atoms with Crippen molar-refractivity contribution in [3.05, 3.63) is 0 Å². The molecule has 0 aromatic carbocycles. The fourth-order valence-electron chi connectivity index (χ4n) is 2.70. The van der Waals surface area contributed by atoms with Gasteiger partial charge in [-0.05, 0) is 32.6 Å². The van der Waals surface area contributed by atoms with E-state index in [-0.39, 0.29) is 25.7 Å². The third-order valence-electron chi connectivity index (χ3n) is 3.95. The number of ether oxygens (including phenoxy) is 2. The van der Waals surface area contributed by atoms with Crippen LogP contribution in [0.4, 0.5) is 18.0 Å². The second kappa shape index (κ2) is 9.10. The molecule has 0 aromatic heterocycles. The van der Waals surface area contributed by atoms with E-state index in [1.165, 1.54) is 13.8 Å². The van der Waals surface area contributed by atoms with Gasteiger partial charge in [0.15, 0.2) is 0 Å². The van der Waals surface area contributed by atoms with Crippen LogP contribution in [0.25, 0.3) is 0 Å². The maximum Gasteiger partial charge on any atom is 0.436 e. The quantitative estimate of drug-likeness (QED) is 0.543. The molecule has 1 saturated carbocycles. The first-order chi connectivity index (χ1) is 11.3. The van der Waals surface area contributed by atoms with Gasteiger partial charge in [-0.3, -0.25) is 10.6 Å². The van der Waals surface area contributed by atoms with Gasteiger partial charge in [0.25, 0.3) is 5.66 Å². The lowest BCUT2D eigenvalue weighted by Crippen LogP contribution is -2.73. The molecular formula is C15H25F3N2O4. The van der Waals surface area contributed by atoms with Crippen LogP contribution in [-0.4, -0.2) is 43.7 Å². The van der Waals surface area contributed by atoms with Crippen molar-refractivity contribution >= 4 is 12.1 Å². The molecule has 1 aliphatic carbocycles. The van der Waals surface area contributed by atoms with E-state index in [1.807, 2.05) is 0 Å².